The summed E-state index contributed by atoms with van der Waals surface area (Å²) in [6, 6.07) is 12.3. The van der Waals surface area contributed by atoms with E-state index in [1.165, 1.54) is 6.92 Å². The molecular formula is C31H36ClN3O5. The summed E-state index contributed by atoms with van der Waals surface area (Å²) in [5.41, 5.74) is -0.184. The number of nitrogens with one attached hydrogen (secondary N) is 1. The van der Waals surface area contributed by atoms with Gasteiger partial charge in [-0.25, -0.2) is 0 Å². The van der Waals surface area contributed by atoms with Crippen LogP contribution < -0.4 is 15.0 Å². The van der Waals surface area contributed by atoms with E-state index in [4.69, 9.17) is 21.1 Å². The Morgan fingerprint density at radius 3 is 2.60 bits per heavy atom. The van der Waals surface area contributed by atoms with E-state index in [-0.39, 0.29) is 18.5 Å². The van der Waals surface area contributed by atoms with Crippen molar-refractivity contribution < 1.29 is 24.2 Å². The maximum Gasteiger partial charge on any atom is 0.303 e. The van der Waals surface area contributed by atoms with Crippen LogP contribution in [-0.4, -0.2) is 79.5 Å². The second kappa shape index (κ2) is 9.50. The first-order chi connectivity index (χ1) is 19.1. The van der Waals surface area contributed by atoms with Gasteiger partial charge in [0.25, 0.3) is 5.91 Å². The van der Waals surface area contributed by atoms with Crippen molar-refractivity contribution in [2.45, 2.75) is 55.9 Å². The van der Waals surface area contributed by atoms with Gasteiger partial charge in [0, 0.05) is 59.7 Å². The zero-order valence-electron chi connectivity index (χ0n) is 23.3. The molecule has 1 saturated heterocycles. The van der Waals surface area contributed by atoms with Crippen molar-refractivity contribution in [3.63, 3.8) is 0 Å². The minimum atomic E-state index is -1.63. The molecule has 1 aliphatic carbocycles. The third-order valence-electron chi connectivity index (χ3n) is 9.85. The normalized spacial score (nSPS) is 33.6. The number of anilines is 1. The maximum absolute atomic E-state index is 13.3. The van der Waals surface area contributed by atoms with Gasteiger partial charge in [-0.15, -0.1) is 0 Å². The third-order valence-corrected chi connectivity index (χ3v) is 10.1. The highest BCUT2D eigenvalue weighted by Crippen LogP contribution is 2.67. The lowest BCUT2D eigenvalue weighted by Crippen LogP contribution is -2.81. The predicted octanol–water partition coefficient (Wildman–Crippen LogP) is 3.55. The second-order valence-electron chi connectivity index (χ2n) is 11.6. The number of rotatable bonds is 6. The molecule has 3 heterocycles. The number of benzene rings is 2. The van der Waals surface area contributed by atoms with Crippen LogP contribution in [0.1, 0.15) is 42.6 Å². The number of fused-ring (bicyclic) bond motifs is 1. The molecule has 40 heavy (non-hydrogen) atoms. The van der Waals surface area contributed by atoms with Gasteiger partial charge < -0.3 is 24.8 Å². The van der Waals surface area contributed by atoms with E-state index in [0.717, 1.165) is 36.5 Å². The molecule has 3 aliphatic heterocycles. The lowest BCUT2D eigenvalue weighted by atomic mass is 9.47. The van der Waals surface area contributed by atoms with Crippen molar-refractivity contribution in [3.05, 3.63) is 70.8 Å². The number of likely N-dealkylation sites (N-methyl/N-ethyl adjacent to an activating group) is 1. The van der Waals surface area contributed by atoms with Gasteiger partial charge in [-0.05, 0) is 55.3 Å². The predicted molar refractivity (Wildman–Crippen MR) is 153 cm³/mol. The van der Waals surface area contributed by atoms with Gasteiger partial charge in [-0.3, -0.25) is 14.5 Å². The Labute approximate surface area is 239 Å². The fraction of sp³-hybridized carbons (Fsp3) is 0.484. The molecule has 0 aromatic heterocycles. The van der Waals surface area contributed by atoms with Crippen molar-refractivity contribution in [1.29, 1.82) is 0 Å². The fourth-order valence-corrected chi connectivity index (χ4v) is 8.69. The molecule has 1 unspecified atom stereocenters. The number of nitrogens with zero attached hydrogens (tertiary/aromatic N) is 2. The molecule has 2 N–H and O–H groups in total. The zero-order valence-corrected chi connectivity index (χ0v) is 24.1. The molecule has 212 valence electrons. The second-order valence-corrected chi connectivity index (χ2v) is 12.1. The van der Waals surface area contributed by atoms with Crippen LogP contribution in [0.3, 0.4) is 0 Å². The Hall–Kier alpha value is -3.07. The number of aliphatic hydroxyl groups is 1. The van der Waals surface area contributed by atoms with E-state index in [0.29, 0.717) is 17.0 Å². The number of carbonyl (C=O) groups excluding carboxylic acids is 2. The first-order valence-corrected chi connectivity index (χ1v) is 14.3. The van der Waals surface area contributed by atoms with Gasteiger partial charge in [0.15, 0.2) is 0 Å². The lowest BCUT2D eigenvalue weighted by molar-refractivity contribution is -0.216. The maximum atomic E-state index is 13.3. The average molecular weight is 566 g/mol. The summed E-state index contributed by atoms with van der Waals surface area (Å²) < 4.78 is 11.7. The van der Waals surface area contributed by atoms with E-state index < -0.39 is 34.5 Å². The summed E-state index contributed by atoms with van der Waals surface area (Å²) in [6.45, 7) is 5.03. The van der Waals surface area contributed by atoms with Crippen molar-refractivity contribution in [3.8, 4) is 5.75 Å². The van der Waals surface area contributed by atoms with Crippen LogP contribution in [0.5, 0.6) is 5.75 Å². The molecule has 0 bridgehead atoms. The molecule has 0 radical (unpaired) electrons. The van der Waals surface area contributed by atoms with E-state index in [1.807, 2.05) is 19.2 Å². The van der Waals surface area contributed by atoms with Crippen molar-refractivity contribution in [2.24, 2.45) is 5.41 Å². The van der Waals surface area contributed by atoms with Crippen LogP contribution >= 0.6 is 11.6 Å². The third kappa shape index (κ3) is 3.58. The largest absolute Gasteiger partial charge is 0.497 e. The van der Waals surface area contributed by atoms with Gasteiger partial charge in [-0.1, -0.05) is 36.7 Å². The van der Waals surface area contributed by atoms with E-state index in [2.05, 4.69) is 40.3 Å². The van der Waals surface area contributed by atoms with Crippen LogP contribution in [-0.2, 0) is 14.9 Å². The van der Waals surface area contributed by atoms with E-state index in [9.17, 15) is 14.7 Å². The number of ether oxygens (including phenoxy) is 2. The van der Waals surface area contributed by atoms with Gasteiger partial charge in [-0.2, -0.15) is 0 Å². The average Bonchev–Trinajstić information content (AvgIpc) is 3.46. The smallest absolute Gasteiger partial charge is 0.303 e. The Kier molecular flexibility index (Phi) is 6.44. The van der Waals surface area contributed by atoms with Crippen LogP contribution in [0.15, 0.2) is 54.6 Å². The topological polar surface area (TPSA) is 91.3 Å². The number of hydrogen-bond donors (Lipinski definition) is 2. The van der Waals surface area contributed by atoms with Gasteiger partial charge in [0.05, 0.1) is 19.7 Å². The molecule has 2 fully saturated rings. The highest BCUT2D eigenvalue weighted by molar-refractivity contribution is 6.30. The number of carbonyl (C=O) groups is 2. The van der Waals surface area contributed by atoms with Crippen molar-refractivity contribution in [2.75, 3.05) is 38.7 Å². The SMILES string of the molecule is CC[C@]12C=CCN3CC[C@@]4(c5ccc(OC)cc5N(C)[C@H]4[C@@](O)(CNC(=O)c4ccc(Cl)cc4)[C@@H]1OC(C)=O)C32. The molecule has 9 heteroatoms. The molecule has 4 aliphatic rings. The number of methoxy groups -OCH3 is 1. The summed E-state index contributed by atoms with van der Waals surface area (Å²) in [5.74, 6) is -0.0616. The molecule has 1 spiro atoms. The summed E-state index contributed by atoms with van der Waals surface area (Å²) in [6.07, 6.45) is 4.89. The Bertz CT molecular complexity index is 1380. The molecule has 6 atom stereocenters. The van der Waals surface area contributed by atoms with E-state index in [1.54, 1.807) is 31.4 Å². The highest BCUT2D eigenvalue weighted by Gasteiger charge is 2.77. The zero-order chi connectivity index (χ0) is 28.4. The standard InChI is InChI=1S/C31H36ClN3O5/c1-5-29-13-6-15-35-16-14-30(26(29)35)23-12-11-22(39-4)17-24(23)34(3)27(30)31(38,28(29)40-19(2)36)18-33-25(37)20-7-9-21(32)10-8-20/h6-13,17,26-28,38H,5,14-16,18H2,1-4H3,(H,33,37)/t26?,27-,28-,29-,30-,31+/m1/s1. The molecule has 2 aromatic rings. The lowest BCUT2D eigenvalue weighted by Gasteiger charge is -2.64. The highest BCUT2D eigenvalue weighted by atomic mass is 35.5. The number of amides is 1. The number of hydrogen-bond acceptors (Lipinski definition) is 7. The Morgan fingerprint density at radius 1 is 1.18 bits per heavy atom. The van der Waals surface area contributed by atoms with Crippen LogP contribution in [0.2, 0.25) is 5.02 Å². The monoisotopic (exact) mass is 565 g/mol. The molecule has 1 amide bonds. The number of esters is 1. The Morgan fingerprint density at radius 2 is 1.93 bits per heavy atom. The fourth-order valence-electron chi connectivity index (χ4n) is 8.57. The molecular weight excluding hydrogens is 530 g/mol. The summed E-state index contributed by atoms with van der Waals surface area (Å²) >= 11 is 6.03. The quantitative estimate of drug-likeness (QED) is 0.409. The molecule has 2 aromatic carbocycles. The first kappa shape index (κ1) is 27.1. The summed E-state index contributed by atoms with van der Waals surface area (Å²) in [5, 5.41) is 16.6. The Balaban J connectivity index is 1.53. The number of halogens is 1. The summed E-state index contributed by atoms with van der Waals surface area (Å²) in [4.78, 5) is 30.6. The van der Waals surface area contributed by atoms with Gasteiger partial charge in [0.2, 0.25) is 0 Å². The molecule has 1 saturated carbocycles. The van der Waals surface area contributed by atoms with Gasteiger partial charge in [0.1, 0.15) is 17.5 Å². The molecule has 8 nitrogen and oxygen atoms in total. The van der Waals surface area contributed by atoms with Crippen molar-refractivity contribution in [1.82, 2.24) is 10.2 Å². The van der Waals surface area contributed by atoms with Crippen LogP contribution in [0, 0.1) is 5.41 Å². The van der Waals surface area contributed by atoms with Crippen LogP contribution in [0.25, 0.3) is 0 Å². The summed E-state index contributed by atoms with van der Waals surface area (Å²) in [7, 11) is 3.63. The van der Waals surface area contributed by atoms with Crippen LogP contribution in [0.4, 0.5) is 5.69 Å². The van der Waals surface area contributed by atoms with Crippen molar-refractivity contribution >= 4 is 29.2 Å². The van der Waals surface area contributed by atoms with Gasteiger partial charge >= 0.3 is 5.97 Å². The minimum absolute atomic E-state index is 0.00585. The van der Waals surface area contributed by atoms with E-state index >= 15 is 0 Å². The first-order valence-electron chi connectivity index (χ1n) is 13.9. The molecule has 6 rings (SSSR count). The minimum Gasteiger partial charge on any atom is -0.497 e.